The van der Waals surface area contributed by atoms with Gasteiger partial charge in [-0.15, -0.1) is 0 Å². The third kappa shape index (κ3) is 7.10. The highest BCUT2D eigenvalue weighted by atomic mass is 19.4. The number of amides is 1. The molecule has 0 N–H and O–H groups in total. The zero-order chi connectivity index (χ0) is 35.2. The second-order valence-corrected chi connectivity index (χ2v) is 13.8. The van der Waals surface area contributed by atoms with E-state index in [0.717, 1.165) is 86.0 Å². The van der Waals surface area contributed by atoms with Crippen molar-refractivity contribution >= 4 is 17.5 Å². The molecule has 0 saturated heterocycles. The Kier molecular flexibility index (Phi) is 9.63. The maximum Gasteiger partial charge on any atom is 0.416 e. The summed E-state index contributed by atoms with van der Waals surface area (Å²) in [6, 6.07) is 4.72. The molecule has 12 heteroatoms. The molecule has 1 amide bonds. The van der Waals surface area contributed by atoms with Crippen molar-refractivity contribution in [2.24, 2.45) is 5.92 Å². The molecule has 0 fully saturated rings. The van der Waals surface area contributed by atoms with Crippen molar-refractivity contribution in [1.29, 1.82) is 0 Å². The van der Waals surface area contributed by atoms with Crippen molar-refractivity contribution in [1.82, 2.24) is 9.97 Å². The van der Waals surface area contributed by atoms with Gasteiger partial charge >= 0.3 is 18.4 Å². The summed E-state index contributed by atoms with van der Waals surface area (Å²) >= 11 is 0. The number of halogens is 6. The first-order valence-corrected chi connectivity index (χ1v) is 17.2. The van der Waals surface area contributed by atoms with Crippen molar-refractivity contribution in [2.45, 2.75) is 123 Å². The van der Waals surface area contributed by atoms with Gasteiger partial charge in [0.25, 0.3) is 0 Å². The van der Waals surface area contributed by atoms with Crippen LogP contribution in [0.3, 0.4) is 0 Å². The van der Waals surface area contributed by atoms with E-state index >= 15 is 0 Å². The Morgan fingerprint density at radius 2 is 1.49 bits per heavy atom. The van der Waals surface area contributed by atoms with Gasteiger partial charge in [-0.2, -0.15) is 26.3 Å². The Balaban J connectivity index is 1.57. The summed E-state index contributed by atoms with van der Waals surface area (Å²) in [7, 11) is 0. The standard InChI is InChI=1S/C37H42F6N4O2/c1-5-31-22(4)34(33-32(47(31)35(48)49-21(2)3)17-25-11-7-9-13-30(25)45-33)46(28-16-24-10-6-8-12-29(24)44-19-28)20-23-14-26(36(38,39)40)18-27(15-23)37(41,42)43/h14-19,21-22,31,34H,5-13,20H2,1-4H3. The summed E-state index contributed by atoms with van der Waals surface area (Å²) in [4.78, 5) is 27.2. The molecule has 0 bridgehead atoms. The van der Waals surface area contributed by atoms with Crippen molar-refractivity contribution in [3.63, 3.8) is 0 Å². The molecule has 0 spiro atoms. The van der Waals surface area contributed by atoms with Gasteiger partial charge in [-0.05, 0) is 119 Å². The highest BCUT2D eigenvalue weighted by molar-refractivity contribution is 5.90. The number of aryl methyl sites for hydroxylation is 4. The number of pyridine rings is 2. The Morgan fingerprint density at radius 3 is 2.08 bits per heavy atom. The number of hydrogen-bond donors (Lipinski definition) is 0. The quantitative estimate of drug-likeness (QED) is 0.242. The minimum absolute atomic E-state index is 0.138. The Hall–Kier alpha value is -3.83. The molecule has 6 nitrogen and oxygen atoms in total. The highest BCUT2D eigenvalue weighted by Gasteiger charge is 2.46. The number of carbonyl (C=O) groups excluding carboxylic acids is 1. The van der Waals surface area contributed by atoms with E-state index in [1.54, 1.807) is 24.9 Å². The maximum atomic E-state index is 14.0. The summed E-state index contributed by atoms with van der Waals surface area (Å²) in [5, 5.41) is 0. The zero-order valence-electron chi connectivity index (χ0n) is 28.2. The average molecular weight is 689 g/mol. The summed E-state index contributed by atoms with van der Waals surface area (Å²) in [6.45, 7) is 7.20. The van der Waals surface area contributed by atoms with E-state index in [1.807, 2.05) is 30.9 Å². The lowest BCUT2D eigenvalue weighted by Gasteiger charge is -2.48. The van der Waals surface area contributed by atoms with E-state index < -0.39 is 41.7 Å². The van der Waals surface area contributed by atoms with Crippen molar-refractivity contribution < 1.29 is 35.9 Å². The number of benzene rings is 1. The molecule has 6 rings (SSSR count). The molecule has 1 aliphatic heterocycles. The van der Waals surface area contributed by atoms with Crippen LogP contribution in [-0.2, 0) is 49.3 Å². The molecule has 264 valence electrons. The van der Waals surface area contributed by atoms with E-state index in [9.17, 15) is 31.1 Å². The molecular weight excluding hydrogens is 646 g/mol. The largest absolute Gasteiger partial charge is 0.446 e. The van der Waals surface area contributed by atoms with Crippen LogP contribution in [0.2, 0.25) is 0 Å². The molecule has 3 aliphatic rings. The Morgan fingerprint density at radius 1 is 0.898 bits per heavy atom. The molecule has 49 heavy (non-hydrogen) atoms. The minimum atomic E-state index is -4.98. The van der Waals surface area contributed by atoms with Crippen LogP contribution in [0.5, 0.6) is 0 Å². The lowest BCUT2D eigenvalue weighted by atomic mass is 9.81. The number of ether oxygens (including phenoxy) is 1. The number of anilines is 2. The number of alkyl halides is 6. The van der Waals surface area contributed by atoms with Gasteiger partial charge in [-0.25, -0.2) is 4.79 Å². The van der Waals surface area contributed by atoms with Crippen LogP contribution in [0, 0.1) is 5.92 Å². The summed E-state index contributed by atoms with van der Waals surface area (Å²) in [5.41, 5.74) is 2.75. The van der Waals surface area contributed by atoms with Crippen LogP contribution < -0.4 is 9.80 Å². The van der Waals surface area contributed by atoms with Crippen LogP contribution in [0.15, 0.2) is 36.5 Å². The number of fused-ring (bicyclic) bond motifs is 3. The fourth-order valence-electron chi connectivity index (χ4n) is 7.79. The lowest BCUT2D eigenvalue weighted by molar-refractivity contribution is -0.143. The van der Waals surface area contributed by atoms with Gasteiger partial charge in [0.15, 0.2) is 0 Å². The molecule has 0 radical (unpaired) electrons. The molecule has 1 aromatic carbocycles. The third-order valence-electron chi connectivity index (χ3n) is 10.1. The topological polar surface area (TPSA) is 58.6 Å². The predicted octanol–water partition coefficient (Wildman–Crippen LogP) is 9.80. The molecule has 3 unspecified atom stereocenters. The van der Waals surface area contributed by atoms with Crippen LogP contribution in [0.1, 0.15) is 111 Å². The Labute approximate surface area is 282 Å². The second-order valence-electron chi connectivity index (χ2n) is 13.8. The molecule has 2 aromatic heterocycles. The number of hydrogen-bond acceptors (Lipinski definition) is 5. The molecule has 0 saturated carbocycles. The van der Waals surface area contributed by atoms with Crippen LogP contribution in [0.25, 0.3) is 0 Å². The highest BCUT2D eigenvalue weighted by Crippen LogP contribution is 2.48. The van der Waals surface area contributed by atoms with Gasteiger partial charge in [-0.3, -0.25) is 14.9 Å². The smallest absolute Gasteiger partial charge is 0.416 e. The third-order valence-corrected chi connectivity index (χ3v) is 10.1. The summed E-state index contributed by atoms with van der Waals surface area (Å²) in [6.07, 6.45) is -1.67. The fraction of sp³-hybridized carbons (Fsp3) is 0.541. The molecule has 3 aromatic rings. The van der Waals surface area contributed by atoms with E-state index in [1.165, 1.54) is 0 Å². The fourth-order valence-corrected chi connectivity index (χ4v) is 7.79. The second kappa shape index (κ2) is 13.5. The van der Waals surface area contributed by atoms with E-state index in [-0.39, 0.29) is 30.2 Å². The molecule has 3 atom stereocenters. The summed E-state index contributed by atoms with van der Waals surface area (Å²) < 4.78 is 89.8. The average Bonchev–Trinajstić information content (AvgIpc) is 3.04. The normalized spacial score (nSPS) is 20.8. The minimum Gasteiger partial charge on any atom is -0.446 e. The van der Waals surface area contributed by atoms with E-state index in [0.29, 0.717) is 23.5 Å². The first kappa shape index (κ1) is 35.0. The van der Waals surface area contributed by atoms with E-state index in [2.05, 4.69) is 0 Å². The molecular formula is C37H42F6N4O2. The first-order chi connectivity index (χ1) is 23.2. The first-order valence-electron chi connectivity index (χ1n) is 17.2. The van der Waals surface area contributed by atoms with Crippen molar-refractivity contribution in [3.05, 3.63) is 81.4 Å². The Bertz CT molecular complexity index is 1670. The van der Waals surface area contributed by atoms with Crippen molar-refractivity contribution in [2.75, 3.05) is 9.80 Å². The lowest BCUT2D eigenvalue weighted by Crippen LogP contribution is -2.53. The van der Waals surface area contributed by atoms with Gasteiger partial charge < -0.3 is 9.64 Å². The van der Waals surface area contributed by atoms with E-state index in [4.69, 9.17) is 14.7 Å². The van der Waals surface area contributed by atoms with Gasteiger partial charge in [0.2, 0.25) is 0 Å². The van der Waals surface area contributed by atoms with Gasteiger partial charge in [0.05, 0.1) is 46.5 Å². The zero-order valence-corrected chi connectivity index (χ0v) is 28.2. The summed E-state index contributed by atoms with van der Waals surface area (Å²) in [5.74, 6) is -0.352. The van der Waals surface area contributed by atoms with Gasteiger partial charge in [-0.1, -0.05) is 13.8 Å². The van der Waals surface area contributed by atoms with Crippen LogP contribution in [-0.4, -0.2) is 28.2 Å². The number of nitrogens with zero attached hydrogens (tertiary/aromatic N) is 4. The molecule has 2 aliphatic carbocycles. The predicted molar refractivity (Wildman–Crippen MR) is 174 cm³/mol. The van der Waals surface area contributed by atoms with Gasteiger partial charge in [0, 0.05) is 29.9 Å². The van der Waals surface area contributed by atoms with Crippen LogP contribution in [0.4, 0.5) is 42.5 Å². The van der Waals surface area contributed by atoms with Crippen LogP contribution >= 0.6 is 0 Å². The SMILES string of the molecule is CCC1C(C)C(N(Cc2cc(C(F)(F)F)cc(C(F)(F)F)c2)c2cnc3c(c2)CCCC3)c2nc3c(cc2N1C(=O)OC(C)C)CCCC3. The number of rotatable bonds is 6. The number of carbonyl (C=O) groups is 1. The number of aromatic nitrogens is 2. The maximum absolute atomic E-state index is 14.0. The molecule has 3 heterocycles. The van der Waals surface area contributed by atoms with Gasteiger partial charge in [0.1, 0.15) is 0 Å². The monoisotopic (exact) mass is 688 g/mol. The van der Waals surface area contributed by atoms with Crippen molar-refractivity contribution in [3.8, 4) is 0 Å².